The highest BCUT2D eigenvalue weighted by Gasteiger charge is 2.20. The lowest BCUT2D eigenvalue weighted by atomic mass is 9.87. The number of hydrogen-bond acceptors (Lipinski definition) is 5. The van der Waals surface area contributed by atoms with E-state index in [2.05, 4.69) is 30.7 Å². The molecule has 0 atom stereocenters. The SMILES string of the molecule is CCOC(=O)Oc1nc2c(=O)[nH]c3cc(C(C)(C)C)ccc3n2c1C. The zero-order valence-electron chi connectivity index (χ0n) is 15.0. The molecule has 0 aliphatic heterocycles. The molecule has 0 unspecified atom stereocenters. The van der Waals surface area contributed by atoms with E-state index in [-0.39, 0.29) is 29.1 Å². The van der Waals surface area contributed by atoms with Crippen molar-refractivity contribution < 1.29 is 14.3 Å². The first kappa shape index (κ1) is 17.0. The second kappa shape index (κ2) is 5.91. The van der Waals surface area contributed by atoms with Crippen LogP contribution in [0.3, 0.4) is 0 Å². The number of fused-ring (bicyclic) bond motifs is 3. The molecule has 25 heavy (non-hydrogen) atoms. The van der Waals surface area contributed by atoms with Gasteiger partial charge < -0.3 is 14.5 Å². The van der Waals surface area contributed by atoms with E-state index in [0.29, 0.717) is 11.2 Å². The summed E-state index contributed by atoms with van der Waals surface area (Å²) in [6, 6.07) is 5.91. The van der Waals surface area contributed by atoms with Gasteiger partial charge in [-0.25, -0.2) is 4.79 Å². The Labute approximate surface area is 144 Å². The molecule has 0 bridgehead atoms. The van der Waals surface area contributed by atoms with Gasteiger partial charge in [-0.2, -0.15) is 4.98 Å². The number of carbonyl (C=O) groups excluding carboxylic acids is 1. The fourth-order valence-electron chi connectivity index (χ4n) is 2.73. The van der Waals surface area contributed by atoms with Crippen molar-refractivity contribution >= 4 is 22.8 Å². The summed E-state index contributed by atoms with van der Waals surface area (Å²) >= 11 is 0. The van der Waals surface area contributed by atoms with Crippen molar-refractivity contribution in [2.45, 2.75) is 40.0 Å². The van der Waals surface area contributed by atoms with Crippen LogP contribution in [0.25, 0.3) is 16.7 Å². The van der Waals surface area contributed by atoms with Gasteiger partial charge in [0, 0.05) is 0 Å². The molecule has 0 spiro atoms. The second-order valence-corrected chi connectivity index (χ2v) is 6.88. The van der Waals surface area contributed by atoms with E-state index in [1.54, 1.807) is 18.2 Å². The summed E-state index contributed by atoms with van der Waals surface area (Å²) in [5.74, 6) is 0.0661. The second-order valence-electron chi connectivity index (χ2n) is 6.88. The van der Waals surface area contributed by atoms with Crippen LogP contribution in [0, 0.1) is 6.92 Å². The molecular formula is C18H21N3O4. The van der Waals surface area contributed by atoms with E-state index in [9.17, 15) is 9.59 Å². The number of H-pyrrole nitrogens is 1. The molecule has 0 aliphatic rings. The van der Waals surface area contributed by atoms with Gasteiger partial charge in [0.15, 0.2) is 0 Å². The van der Waals surface area contributed by atoms with Crippen molar-refractivity contribution in [3.8, 4) is 5.88 Å². The van der Waals surface area contributed by atoms with E-state index in [4.69, 9.17) is 9.47 Å². The van der Waals surface area contributed by atoms with Crippen LogP contribution >= 0.6 is 0 Å². The summed E-state index contributed by atoms with van der Waals surface area (Å²) in [4.78, 5) is 31.0. The summed E-state index contributed by atoms with van der Waals surface area (Å²) in [5, 5.41) is 0. The van der Waals surface area contributed by atoms with Gasteiger partial charge in [0.1, 0.15) is 0 Å². The van der Waals surface area contributed by atoms with Gasteiger partial charge in [0.25, 0.3) is 5.56 Å². The first-order chi connectivity index (χ1) is 11.7. The third-order valence-corrected chi connectivity index (χ3v) is 4.06. The average Bonchev–Trinajstić information content (AvgIpc) is 2.84. The largest absolute Gasteiger partial charge is 0.515 e. The number of carbonyl (C=O) groups is 1. The van der Waals surface area contributed by atoms with E-state index in [1.807, 2.05) is 18.2 Å². The zero-order valence-corrected chi connectivity index (χ0v) is 15.0. The molecule has 0 radical (unpaired) electrons. The van der Waals surface area contributed by atoms with Crippen LogP contribution < -0.4 is 10.3 Å². The topological polar surface area (TPSA) is 85.7 Å². The molecule has 1 N–H and O–H groups in total. The predicted molar refractivity (Wildman–Crippen MR) is 94.4 cm³/mol. The number of nitrogens with zero attached hydrogens (tertiary/aromatic N) is 2. The fraction of sp³-hybridized carbons (Fsp3) is 0.389. The lowest BCUT2D eigenvalue weighted by Crippen LogP contribution is -2.14. The fourth-order valence-corrected chi connectivity index (χ4v) is 2.73. The van der Waals surface area contributed by atoms with Crippen LogP contribution in [0.5, 0.6) is 5.88 Å². The molecule has 2 heterocycles. The van der Waals surface area contributed by atoms with Gasteiger partial charge in [-0.05, 0) is 37.0 Å². The number of imidazole rings is 1. The van der Waals surface area contributed by atoms with Gasteiger partial charge in [-0.15, -0.1) is 0 Å². The smallest absolute Gasteiger partial charge is 0.434 e. The van der Waals surface area contributed by atoms with E-state index in [0.717, 1.165) is 11.1 Å². The minimum Gasteiger partial charge on any atom is -0.434 e. The first-order valence-electron chi connectivity index (χ1n) is 8.12. The van der Waals surface area contributed by atoms with Gasteiger partial charge in [0.2, 0.25) is 11.5 Å². The van der Waals surface area contributed by atoms with Crippen LogP contribution in [0.15, 0.2) is 23.0 Å². The van der Waals surface area contributed by atoms with E-state index < -0.39 is 6.16 Å². The molecule has 1 aromatic carbocycles. The average molecular weight is 343 g/mol. The van der Waals surface area contributed by atoms with Crippen molar-refractivity contribution in [3.05, 3.63) is 39.8 Å². The Morgan fingerprint density at radius 2 is 2.04 bits per heavy atom. The van der Waals surface area contributed by atoms with Crippen molar-refractivity contribution in [1.82, 2.24) is 14.4 Å². The number of rotatable bonds is 2. The number of ether oxygens (including phenoxy) is 2. The van der Waals surface area contributed by atoms with E-state index >= 15 is 0 Å². The van der Waals surface area contributed by atoms with Gasteiger partial charge in [-0.1, -0.05) is 26.8 Å². The minimum atomic E-state index is -0.843. The number of aromatic nitrogens is 3. The Hall–Kier alpha value is -2.83. The van der Waals surface area contributed by atoms with E-state index in [1.165, 1.54) is 0 Å². The van der Waals surface area contributed by atoms with Crippen LogP contribution in [0.2, 0.25) is 0 Å². The predicted octanol–water partition coefficient (Wildman–Crippen LogP) is 3.32. The van der Waals surface area contributed by atoms with Crippen LogP contribution in [-0.4, -0.2) is 27.1 Å². The van der Waals surface area contributed by atoms with Crippen molar-refractivity contribution in [2.75, 3.05) is 6.61 Å². The van der Waals surface area contributed by atoms with Gasteiger partial charge in [-0.3, -0.25) is 9.20 Å². The van der Waals surface area contributed by atoms with Crippen molar-refractivity contribution in [2.24, 2.45) is 0 Å². The van der Waals surface area contributed by atoms with Crippen LogP contribution in [0.1, 0.15) is 39.0 Å². The highest BCUT2D eigenvalue weighted by molar-refractivity contribution is 5.79. The molecule has 2 aromatic heterocycles. The Balaban J connectivity index is 2.23. The Morgan fingerprint density at radius 3 is 2.68 bits per heavy atom. The molecule has 0 amide bonds. The molecule has 3 aromatic rings. The zero-order chi connectivity index (χ0) is 18.4. The summed E-state index contributed by atoms with van der Waals surface area (Å²) in [6.07, 6.45) is -0.843. The normalized spacial score (nSPS) is 11.9. The van der Waals surface area contributed by atoms with Crippen molar-refractivity contribution in [1.29, 1.82) is 0 Å². The number of aryl methyl sites for hydroxylation is 1. The lowest BCUT2D eigenvalue weighted by Gasteiger charge is -2.19. The lowest BCUT2D eigenvalue weighted by molar-refractivity contribution is 0.102. The maximum absolute atomic E-state index is 12.4. The Morgan fingerprint density at radius 1 is 1.32 bits per heavy atom. The Kier molecular flexibility index (Phi) is 4.02. The summed E-state index contributed by atoms with van der Waals surface area (Å²) in [6.45, 7) is 9.95. The molecule has 0 fully saturated rings. The number of hydrogen-bond donors (Lipinski definition) is 1. The molecule has 0 saturated carbocycles. The summed E-state index contributed by atoms with van der Waals surface area (Å²) in [5.41, 5.74) is 2.94. The highest BCUT2D eigenvalue weighted by Crippen LogP contribution is 2.27. The van der Waals surface area contributed by atoms with Gasteiger partial charge >= 0.3 is 6.16 Å². The molecule has 3 rings (SSSR count). The minimum absolute atomic E-state index is 0.0395. The molecule has 0 aliphatic carbocycles. The monoisotopic (exact) mass is 343 g/mol. The third-order valence-electron chi connectivity index (χ3n) is 4.06. The third kappa shape index (κ3) is 2.97. The molecule has 132 valence electrons. The maximum atomic E-state index is 12.4. The van der Waals surface area contributed by atoms with Crippen molar-refractivity contribution in [3.63, 3.8) is 0 Å². The summed E-state index contributed by atoms with van der Waals surface area (Å²) < 4.78 is 11.6. The van der Waals surface area contributed by atoms with Gasteiger partial charge in [0.05, 0.1) is 23.3 Å². The summed E-state index contributed by atoms with van der Waals surface area (Å²) in [7, 11) is 0. The van der Waals surface area contributed by atoms with Crippen LogP contribution in [-0.2, 0) is 10.2 Å². The molecular weight excluding hydrogens is 322 g/mol. The molecule has 0 saturated heterocycles. The maximum Gasteiger partial charge on any atom is 0.515 e. The first-order valence-corrected chi connectivity index (χ1v) is 8.12. The molecule has 7 nitrogen and oxygen atoms in total. The highest BCUT2D eigenvalue weighted by atomic mass is 16.7. The molecule has 7 heteroatoms. The number of benzene rings is 1. The van der Waals surface area contributed by atoms with Crippen LogP contribution in [0.4, 0.5) is 4.79 Å². The quantitative estimate of drug-likeness (QED) is 0.722. The standard InChI is InChI=1S/C18H21N3O4/c1-6-24-17(23)25-16-10(2)21-13-8-7-11(18(3,4)5)9-12(13)19-15(22)14(21)20-16/h7-9H,6H2,1-5H3,(H,19,22). The number of aromatic amines is 1. The number of nitrogens with one attached hydrogen (secondary N) is 1. The Bertz CT molecular complexity index is 1020.